The van der Waals surface area contributed by atoms with E-state index in [4.69, 9.17) is 4.52 Å². The molecule has 1 aromatic carbocycles. The van der Waals surface area contributed by atoms with Crippen molar-refractivity contribution in [3.8, 4) is 0 Å². The zero-order valence-corrected chi connectivity index (χ0v) is 15.1. The summed E-state index contributed by atoms with van der Waals surface area (Å²) in [5.41, 5.74) is 0.891. The fourth-order valence-corrected chi connectivity index (χ4v) is 4.49. The van der Waals surface area contributed by atoms with Crippen molar-refractivity contribution in [1.29, 1.82) is 0 Å². The van der Waals surface area contributed by atoms with Gasteiger partial charge in [-0.25, -0.2) is 8.42 Å². The first-order valence-electron chi connectivity index (χ1n) is 8.24. The van der Waals surface area contributed by atoms with Crippen LogP contribution in [0.15, 0.2) is 33.7 Å². The first-order chi connectivity index (χ1) is 11.9. The van der Waals surface area contributed by atoms with Crippen LogP contribution in [-0.2, 0) is 10.0 Å². The molecule has 0 radical (unpaired) electrons. The topological polar surface area (TPSA) is 92.5 Å². The second-order valence-electron chi connectivity index (χ2n) is 6.16. The number of amides is 1. The van der Waals surface area contributed by atoms with E-state index in [0.29, 0.717) is 18.7 Å². The van der Waals surface area contributed by atoms with Gasteiger partial charge in [-0.3, -0.25) is 9.52 Å². The van der Waals surface area contributed by atoms with E-state index < -0.39 is 10.0 Å². The Morgan fingerprint density at radius 3 is 2.48 bits per heavy atom. The van der Waals surface area contributed by atoms with E-state index in [1.54, 1.807) is 43.0 Å². The summed E-state index contributed by atoms with van der Waals surface area (Å²) in [4.78, 5) is 14.6. The molecule has 8 heteroatoms. The highest BCUT2D eigenvalue weighted by Gasteiger charge is 2.27. The molecule has 0 saturated carbocycles. The Labute approximate surface area is 147 Å². The largest absolute Gasteiger partial charge is 0.360 e. The van der Waals surface area contributed by atoms with Crippen molar-refractivity contribution in [2.75, 3.05) is 17.8 Å². The van der Waals surface area contributed by atoms with Crippen molar-refractivity contribution in [2.45, 2.75) is 38.0 Å². The predicted octanol–water partition coefficient (Wildman–Crippen LogP) is 2.72. The third-order valence-electron chi connectivity index (χ3n) is 4.28. The molecule has 1 saturated heterocycles. The highest BCUT2D eigenvalue weighted by atomic mass is 32.2. The molecule has 1 aliphatic heterocycles. The summed E-state index contributed by atoms with van der Waals surface area (Å²) in [6, 6.07) is 6.65. The molecular formula is C17H21N3O4S. The van der Waals surface area contributed by atoms with Gasteiger partial charge in [-0.15, -0.1) is 0 Å². The van der Waals surface area contributed by atoms with Crippen LogP contribution in [0, 0.1) is 13.8 Å². The van der Waals surface area contributed by atoms with Crippen molar-refractivity contribution < 1.29 is 17.7 Å². The van der Waals surface area contributed by atoms with E-state index in [2.05, 4.69) is 9.88 Å². The van der Waals surface area contributed by atoms with Gasteiger partial charge in [0.2, 0.25) is 0 Å². The van der Waals surface area contributed by atoms with Crippen molar-refractivity contribution in [2.24, 2.45) is 0 Å². The second kappa shape index (κ2) is 6.87. The van der Waals surface area contributed by atoms with E-state index in [9.17, 15) is 13.2 Å². The molecule has 1 aromatic heterocycles. The number of rotatable bonds is 4. The zero-order valence-electron chi connectivity index (χ0n) is 14.3. The number of piperidine rings is 1. The van der Waals surface area contributed by atoms with Crippen LogP contribution in [0.1, 0.15) is 41.1 Å². The number of benzene rings is 1. The van der Waals surface area contributed by atoms with Gasteiger partial charge in [-0.1, -0.05) is 17.3 Å². The maximum absolute atomic E-state index is 12.8. The minimum atomic E-state index is -3.90. The Kier molecular flexibility index (Phi) is 4.80. The Balaban J connectivity index is 1.92. The van der Waals surface area contributed by atoms with E-state index in [0.717, 1.165) is 19.3 Å². The number of para-hydroxylation sites is 1. The summed E-state index contributed by atoms with van der Waals surface area (Å²) >= 11 is 0. The van der Waals surface area contributed by atoms with Crippen LogP contribution in [0.3, 0.4) is 0 Å². The number of hydrogen-bond acceptors (Lipinski definition) is 5. The lowest BCUT2D eigenvalue weighted by Crippen LogP contribution is -2.36. The number of sulfonamides is 1. The monoisotopic (exact) mass is 363 g/mol. The van der Waals surface area contributed by atoms with Crippen molar-refractivity contribution >= 4 is 21.6 Å². The van der Waals surface area contributed by atoms with Gasteiger partial charge in [0.05, 0.1) is 11.3 Å². The third-order valence-corrected chi connectivity index (χ3v) is 5.89. The maximum Gasteiger partial charge on any atom is 0.267 e. The van der Waals surface area contributed by atoms with Crippen LogP contribution < -0.4 is 4.72 Å². The molecule has 0 atom stereocenters. The van der Waals surface area contributed by atoms with Crippen LogP contribution in [0.4, 0.5) is 5.69 Å². The highest BCUT2D eigenvalue weighted by molar-refractivity contribution is 7.92. The minimum Gasteiger partial charge on any atom is -0.360 e. The van der Waals surface area contributed by atoms with Crippen molar-refractivity contribution in [1.82, 2.24) is 10.1 Å². The molecule has 2 aromatic rings. The van der Waals surface area contributed by atoms with E-state index >= 15 is 0 Å². The first kappa shape index (κ1) is 17.5. The lowest BCUT2D eigenvalue weighted by atomic mass is 10.1. The molecule has 134 valence electrons. The van der Waals surface area contributed by atoms with Gasteiger partial charge in [-0.05, 0) is 45.2 Å². The van der Waals surface area contributed by atoms with Crippen molar-refractivity contribution in [3.05, 3.63) is 41.3 Å². The van der Waals surface area contributed by atoms with Gasteiger partial charge in [-0.2, -0.15) is 0 Å². The van der Waals surface area contributed by atoms with Crippen LogP contribution in [0.25, 0.3) is 0 Å². The number of aromatic nitrogens is 1. The summed E-state index contributed by atoms with van der Waals surface area (Å²) in [7, 11) is -3.90. The van der Waals surface area contributed by atoms with Crippen LogP contribution in [0.2, 0.25) is 0 Å². The van der Waals surface area contributed by atoms with Gasteiger partial charge >= 0.3 is 0 Å². The SMILES string of the molecule is Cc1noc(C)c1S(=O)(=O)Nc1ccccc1C(=O)N1CCCCC1. The molecular weight excluding hydrogens is 342 g/mol. The molecule has 1 fully saturated rings. The maximum atomic E-state index is 12.8. The molecule has 0 unspecified atom stereocenters. The number of nitrogens with zero attached hydrogens (tertiary/aromatic N) is 2. The molecule has 2 heterocycles. The van der Waals surface area contributed by atoms with Gasteiger partial charge in [0.1, 0.15) is 5.69 Å². The smallest absolute Gasteiger partial charge is 0.267 e. The van der Waals surface area contributed by atoms with E-state index in [-0.39, 0.29) is 27.9 Å². The van der Waals surface area contributed by atoms with Crippen LogP contribution in [-0.4, -0.2) is 37.5 Å². The molecule has 0 aliphatic carbocycles. The van der Waals surface area contributed by atoms with Gasteiger partial charge in [0.15, 0.2) is 10.7 Å². The van der Waals surface area contributed by atoms with Crippen molar-refractivity contribution in [3.63, 3.8) is 0 Å². The van der Waals surface area contributed by atoms with Gasteiger partial charge in [0, 0.05) is 13.1 Å². The number of hydrogen-bond donors (Lipinski definition) is 1. The standard InChI is InChI=1S/C17H21N3O4S/c1-12-16(13(2)24-18-12)25(22,23)19-15-9-5-4-8-14(15)17(21)20-10-6-3-7-11-20/h4-5,8-9,19H,3,6-7,10-11H2,1-2H3. The molecule has 0 bridgehead atoms. The van der Waals surface area contributed by atoms with E-state index in [1.807, 2.05) is 0 Å². The zero-order chi connectivity index (χ0) is 18.0. The van der Waals surface area contributed by atoms with Crippen LogP contribution >= 0.6 is 0 Å². The summed E-state index contributed by atoms with van der Waals surface area (Å²) in [5, 5.41) is 3.69. The molecule has 7 nitrogen and oxygen atoms in total. The molecule has 1 N–H and O–H groups in total. The number of nitrogens with one attached hydrogen (secondary N) is 1. The molecule has 25 heavy (non-hydrogen) atoms. The molecule has 1 amide bonds. The Hall–Kier alpha value is -2.35. The number of carbonyl (C=O) groups excluding carboxylic acids is 1. The summed E-state index contributed by atoms with van der Waals surface area (Å²) < 4.78 is 32.9. The quantitative estimate of drug-likeness (QED) is 0.901. The first-order valence-corrected chi connectivity index (χ1v) is 9.72. The number of likely N-dealkylation sites (tertiary alicyclic amines) is 1. The fourth-order valence-electron chi connectivity index (χ4n) is 3.08. The summed E-state index contributed by atoms with van der Waals surface area (Å²) in [6.07, 6.45) is 3.06. The third kappa shape index (κ3) is 3.53. The number of carbonyl (C=O) groups is 1. The fraction of sp³-hybridized carbons (Fsp3) is 0.412. The lowest BCUT2D eigenvalue weighted by molar-refractivity contribution is 0.0725. The number of aryl methyl sites for hydroxylation is 2. The normalized spacial score (nSPS) is 15.2. The summed E-state index contributed by atoms with van der Waals surface area (Å²) in [6.45, 7) is 4.50. The molecule has 1 aliphatic rings. The Morgan fingerprint density at radius 1 is 1.16 bits per heavy atom. The average molecular weight is 363 g/mol. The van der Waals surface area contributed by atoms with Crippen LogP contribution in [0.5, 0.6) is 0 Å². The van der Waals surface area contributed by atoms with Gasteiger partial charge in [0.25, 0.3) is 15.9 Å². The predicted molar refractivity (Wildman–Crippen MR) is 93.0 cm³/mol. The molecule has 3 rings (SSSR count). The molecule has 0 spiro atoms. The Bertz CT molecular complexity index is 864. The number of anilines is 1. The second-order valence-corrected chi connectivity index (χ2v) is 7.78. The van der Waals surface area contributed by atoms with E-state index in [1.165, 1.54) is 0 Å². The highest BCUT2D eigenvalue weighted by Crippen LogP contribution is 2.25. The minimum absolute atomic E-state index is 0.00715. The van der Waals surface area contributed by atoms with Gasteiger partial charge < -0.3 is 9.42 Å². The summed E-state index contributed by atoms with van der Waals surface area (Å²) in [5.74, 6) is 0.0570. The Morgan fingerprint density at radius 2 is 1.84 bits per heavy atom. The lowest BCUT2D eigenvalue weighted by Gasteiger charge is -2.27. The average Bonchev–Trinajstić information content (AvgIpc) is 2.94.